The van der Waals surface area contributed by atoms with Crippen LogP contribution in [0.1, 0.15) is 15.9 Å². The van der Waals surface area contributed by atoms with Crippen molar-refractivity contribution in [2.24, 2.45) is 0 Å². The lowest BCUT2D eigenvalue weighted by atomic mass is 10.1. The summed E-state index contributed by atoms with van der Waals surface area (Å²) in [6, 6.07) is 16.6. The van der Waals surface area contributed by atoms with E-state index in [-0.39, 0.29) is 5.91 Å². The van der Waals surface area contributed by atoms with Gasteiger partial charge in [-0.2, -0.15) is 5.26 Å². The molecule has 0 saturated carbocycles. The van der Waals surface area contributed by atoms with E-state index in [9.17, 15) is 4.79 Å². The number of carbonyl (C=O) groups is 1. The van der Waals surface area contributed by atoms with E-state index in [0.717, 1.165) is 10.9 Å². The third-order valence-electron chi connectivity index (χ3n) is 3.47. The number of fused-ring (bicyclic) bond motifs is 1. The lowest BCUT2D eigenvalue weighted by Gasteiger charge is -2.17. The number of nitriles is 1. The van der Waals surface area contributed by atoms with E-state index in [1.807, 2.05) is 30.5 Å². The Bertz CT molecular complexity index is 858. The molecule has 21 heavy (non-hydrogen) atoms. The maximum Gasteiger partial charge on any atom is 0.258 e. The number of nitrogens with zero attached hydrogens (tertiary/aromatic N) is 2. The molecule has 1 amide bonds. The Kier molecular flexibility index (Phi) is 3.17. The molecule has 0 saturated heterocycles. The summed E-state index contributed by atoms with van der Waals surface area (Å²) in [6.45, 7) is 0. The van der Waals surface area contributed by atoms with E-state index in [1.165, 1.54) is 0 Å². The topological polar surface area (TPSA) is 59.9 Å². The highest BCUT2D eigenvalue weighted by Gasteiger charge is 2.14. The summed E-state index contributed by atoms with van der Waals surface area (Å²) in [6.07, 6.45) is 1.85. The third kappa shape index (κ3) is 2.37. The molecule has 0 aliphatic carbocycles. The molecule has 3 aromatic rings. The summed E-state index contributed by atoms with van der Waals surface area (Å²) in [4.78, 5) is 17.2. The molecule has 4 heteroatoms. The monoisotopic (exact) mass is 275 g/mol. The maximum atomic E-state index is 12.5. The molecule has 0 fully saturated rings. The van der Waals surface area contributed by atoms with Crippen LogP contribution in [0.3, 0.4) is 0 Å². The van der Waals surface area contributed by atoms with Gasteiger partial charge in [0.05, 0.1) is 11.6 Å². The van der Waals surface area contributed by atoms with Crippen molar-refractivity contribution in [3.63, 3.8) is 0 Å². The first-order valence-corrected chi connectivity index (χ1v) is 6.54. The highest BCUT2D eigenvalue weighted by molar-refractivity contribution is 6.07. The number of amides is 1. The molecule has 102 valence electrons. The quantitative estimate of drug-likeness (QED) is 0.780. The number of aromatic amines is 1. The molecule has 0 spiro atoms. The van der Waals surface area contributed by atoms with E-state index in [0.29, 0.717) is 16.8 Å². The SMILES string of the molecule is CN(C(=O)c1ccc2[nH]ccc2c1)c1cccc(C#N)c1. The summed E-state index contributed by atoms with van der Waals surface area (Å²) in [7, 11) is 1.71. The number of benzene rings is 2. The van der Waals surface area contributed by atoms with E-state index in [4.69, 9.17) is 5.26 Å². The molecule has 1 N–H and O–H groups in total. The molecule has 0 aliphatic heterocycles. The van der Waals surface area contributed by atoms with Crippen molar-refractivity contribution < 1.29 is 4.79 Å². The van der Waals surface area contributed by atoms with E-state index >= 15 is 0 Å². The van der Waals surface area contributed by atoms with Gasteiger partial charge >= 0.3 is 0 Å². The summed E-state index contributed by atoms with van der Waals surface area (Å²) < 4.78 is 0. The fourth-order valence-corrected chi connectivity index (χ4v) is 2.28. The fraction of sp³-hybridized carbons (Fsp3) is 0.0588. The Morgan fingerprint density at radius 2 is 2.05 bits per heavy atom. The molecular weight excluding hydrogens is 262 g/mol. The summed E-state index contributed by atoms with van der Waals surface area (Å²) in [5.74, 6) is -0.104. The van der Waals surface area contributed by atoms with Crippen LogP contribution >= 0.6 is 0 Å². The number of H-pyrrole nitrogens is 1. The molecule has 0 radical (unpaired) electrons. The van der Waals surface area contributed by atoms with Gasteiger partial charge in [-0.1, -0.05) is 6.07 Å². The van der Waals surface area contributed by atoms with Gasteiger partial charge < -0.3 is 9.88 Å². The highest BCUT2D eigenvalue weighted by Crippen LogP contribution is 2.19. The predicted molar refractivity (Wildman–Crippen MR) is 82.2 cm³/mol. The van der Waals surface area contributed by atoms with Crippen molar-refractivity contribution in [1.82, 2.24) is 4.98 Å². The first-order valence-electron chi connectivity index (χ1n) is 6.54. The average Bonchev–Trinajstić information content (AvgIpc) is 3.01. The number of anilines is 1. The van der Waals surface area contributed by atoms with Gasteiger partial charge in [-0.15, -0.1) is 0 Å². The van der Waals surface area contributed by atoms with E-state index in [2.05, 4.69) is 11.1 Å². The Morgan fingerprint density at radius 3 is 2.86 bits per heavy atom. The first-order chi connectivity index (χ1) is 10.2. The number of aromatic nitrogens is 1. The van der Waals surface area contributed by atoms with Gasteiger partial charge in [-0.25, -0.2) is 0 Å². The van der Waals surface area contributed by atoms with Crippen LogP contribution in [0, 0.1) is 11.3 Å². The number of rotatable bonds is 2. The summed E-state index contributed by atoms with van der Waals surface area (Å²) in [5.41, 5.74) is 2.86. The molecule has 1 aromatic heterocycles. The third-order valence-corrected chi connectivity index (χ3v) is 3.47. The van der Waals surface area contributed by atoms with Gasteiger partial charge in [0, 0.05) is 35.4 Å². The van der Waals surface area contributed by atoms with Crippen molar-refractivity contribution in [2.75, 3.05) is 11.9 Å². The molecule has 1 heterocycles. The van der Waals surface area contributed by atoms with Crippen LogP contribution in [0.2, 0.25) is 0 Å². The van der Waals surface area contributed by atoms with Crippen molar-refractivity contribution >= 4 is 22.5 Å². The Hall–Kier alpha value is -3.06. The van der Waals surface area contributed by atoms with Gasteiger partial charge in [0.15, 0.2) is 0 Å². The molecule has 3 rings (SSSR count). The number of carbonyl (C=O) groups excluding carboxylic acids is 1. The summed E-state index contributed by atoms with van der Waals surface area (Å²) >= 11 is 0. The van der Waals surface area contributed by atoms with Crippen LogP contribution in [0.4, 0.5) is 5.69 Å². The van der Waals surface area contributed by atoms with Gasteiger partial charge in [-0.3, -0.25) is 4.79 Å². The zero-order valence-electron chi connectivity index (χ0n) is 11.5. The van der Waals surface area contributed by atoms with E-state index < -0.39 is 0 Å². The van der Waals surface area contributed by atoms with E-state index in [1.54, 1.807) is 36.2 Å². The van der Waals surface area contributed by atoms with Crippen LogP contribution in [0.15, 0.2) is 54.7 Å². The smallest absolute Gasteiger partial charge is 0.258 e. The Morgan fingerprint density at radius 1 is 1.19 bits per heavy atom. The molecule has 0 bridgehead atoms. The second kappa shape index (κ2) is 5.14. The number of hydrogen-bond donors (Lipinski definition) is 1. The molecule has 0 unspecified atom stereocenters. The first kappa shape index (κ1) is 12.9. The zero-order chi connectivity index (χ0) is 14.8. The van der Waals surface area contributed by atoms with Crippen molar-refractivity contribution in [3.05, 3.63) is 65.9 Å². The summed E-state index contributed by atoms with van der Waals surface area (Å²) in [5, 5.41) is 9.94. The number of hydrogen-bond acceptors (Lipinski definition) is 2. The minimum absolute atomic E-state index is 0.104. The molecule has 0 atom stereocenters. The Balaban J connectivity index is 1.94. The van der Waals surface area contributed by atoms with Gasteiger partial charge in [0.25, 0.3) is 5.91 Å². The van der Waals surface area contributed by atoms with Crippen LogP contribution < -0.4 is 4.90 Å². The molecular formula is C17H13N3O. The Labute approximate surface area is 122 Å². The van der Waals surface area contributed by atoms with Gasteiger partial charge in [-0.05, 0) is 42.5 Å². The lowest BCUT2D eigenvalue weighted by Crippen LogP contribution is -2.26. The van der Waals surface area contributed by atoms with Crippen LogP contribution in [-0.4, -0.2) is 17.9 Å². The van der Waals surface area contributed by atoms with Gasteiger partial charge in [0.2, 0.25) is 0 Å². The normalized spacial score (nSPS) is 10.3. The van der Waals surface area contributed by atoms with Crippen LogP contribution in [-0.2, 0) is 0 Å². The maximum absolute atomic E-state index is 12.5. The minimum Gasteiger partial charge on any atom is -0.361 e. The van der Waals surface area contributed by atoms with Gasteiger partial charge in [0.1, 0.15) is 0 Å². The molecule has 2 aromatic carbocycles. The van der Waals surface area contributed by atoms with Crippen molar-refractivity contribution in [1.29, 1.82) is 5.26 Å². The predicted octanol–water partition coefficient (Wildman–Crippen LogP) is 3.32. The second-order valence-electron chi connectivity index (χ2n) is 4.81. The van der Waals surface area contributed by atoms with Crippen molar-refractivity contribution in [3.8, 4) is 6.07 Å². The highest BCUT2D eigenvalue weighted by atomic mass is 16.2. The minimum atomic E-state index is -0.104. The van der Waals surface area contributed by atoms with Crippen LogP contribution in [0.25, 0.3) is 10.9 Å². The zero-order valence-corrected chi connectivity index (χ0v) is 11.5. The second-order valence-corrected chi connectivity index (χ2v) is 4.81. The van der Waals surface area contributed by atoms with Crippen LogP contribution in [0.5, 0.6) is 0 Å². The average molecular weight is 275 g/mol. The number of nitrogens with one attached hydrogen (secondary N) is 1. The lowest BCUT2D eigenvalue weighted by molar-refractivity contribution is 0.0993. The fourth-order valence-electron chi connectivity index (χ4n) is 2.28. The largest absolute Gasteiger partial charge is 0.361 e. The molecule has 0 aliphatic rings. The molecule has 4 nitrogen and oxygen atoms in total. The standard InChI is InChI=1S/C17H13N3O/c1-20(15-4-2-3-12(9-15)11-18)17(21)14-5-6-16-13(10-14)7-8-19-16/h2-10,19H,1H3. The van der Waals surface area contributed by atoms with Crippen molar-refractivity contribution in [2.45, 2.75) is 0 Å².